The van der Waals surface area contributed by atoms with Gasteiger partial charge in [0.05, 0.1) is 6.61 Å². The van der Waals surface area contributed by atoms with Gasteiger partial charge in [0.15, 0.2) is 0 Å². The summed E-state index contributed by atoms with van der Waals surface area (Å²) in [5.41, 5.74) is 0.568. The summed E-state index contributed by atoms with van der Waals surface area (Å²) < 4.78 is 14.3. The molecule has 0 saturated carbocycles. The van der Waals surface area contributed by atoms with Gasteiger partial charge in [-0.25, -0.2) is 4.39 Å². The van der Waals surface area contributed by atoms with E-state index in [-0.39, 0.29) is 25.1 Å². The Morgan fingerprint density at radius 1 is 1.41 bits per heavy atom. The van der Waals surface area contributed by atoms with Gasteiger partial charge < -0.3 is 10.2 Å². The van der Waals surface area contributed by atoms with E-state index in [4.69, 9.17) is 5.11 Å². The summed E-state index contributed by atoms with van der Waals surface area (Å²) in [6.45, 7) is 0.361. The highest BCUT2D eigenvalue weighted by atomic mass is 79.9. The van der Waals surface area contributed by atoms with Crippen molar-refractivity contribution in [2.45, 2.75) is 19.0 Å². The molecule has 0 amide bonds. The zero-order valence-electron chi connectivity index (χ0n) is 9.74. The van der Waals surface area contributed by atoms with Crippen LogP contribution < -0.4 is 0 Å². The molecular weight excluding hydrogens is 289 g/mol. The number of aliphatic hydroxyl groups is 2. The Hall–Kier alpha value is -0.490. The third kappa shape index (κ3) is 4.35. The lowest BCUT2D eigenvalue weighted by Crippen LogP contribution is -2.35. The molecule has 17 heavy (non-hydrogen) atoms. The van der Waals surface area contributed by atoms with Crippen molar-refractivity contribution < 1.29 is 14.6 Å². The fraction of sp³-hybridized carbons (Fsp3) is 0.500. The Kier molecular flexibility index (Phi) is 6.05. The van der Waals surface area contributed by atoms with Crippen LogP contribution in [-0.2, 0) is 6.54 Å². The summed E-state index contributed by atoms with van der Waals surface area (Å²) in [7, 11) is 1.80. The molecule has 1 unspecified atom stereocenters. The fourth-order valence-corrected chi connectivity index (χ4v) is 2.07. The maximum Gasteiger partial charge on any atom is 0.127 e. The lowest BCUT2D eigenvalue weighted by Gasteiger charge is -2.26. The van der Waals surface area contributed by atoms with E-state index >= 15 is 0 Å². The summed E-state index contributed by atoms with van der Waals surface area (Å²) in [6.07, 6.45) is 0.475. The monoisotopic (exact) mass is 305 g/mol. The molecule has 3 nitrogen and oxygen atoms in total. The molecule has 0 bridgehead atoms. The fourth-order valence-electron chi connectivity index (χ4n) is 1.66. The molecule has 0 saturated heterocycles. The molecule has 1 atom stereocenters. The average molecular weight is 306 g/mol. The van der Waals surface area contributed by atoms with Crippen LogP contribution >= 0.6 is 15.9 Å². The molecule has 0 fully saturated rings. The first kappa shape index (κ1) is 14.6. The Labute approximate surface area is 109 Å². The molecule has 0 aliphatic rings. The van der Waals surface area contributed by atoms with Gasteiger partial charge in [-0.05, 0) is 31.7 Å². The first-order valence-corrected chi connectivity index (χ1v) is 6.23. The van der Waals surface area contributed by atoms with Crippen LogP contribution in [0.1, 0.15) is 12.0 Å². The van der Waals surface area contributed by atoms with E-state index in [0.717, 1.165) is 4.47 Å². The number of hydrogen-bond donors (Lipinski definition) is 2. The van der Waals surface area contributed by atoms with E-state index in [9.17, 15) is 9.50 Å². The average Bonchev–Trinajstić information content (AvgIpc) is 2.30. The van der Waals surface area contributed by atoms with Gasteiger partial charge in [-0.15, -0.1) is 0 Å². The van der Waals surface area contributed by atoms with E-state index < -0.39 is 0 Å². The molecule has 1 aromatic carbocycles. The Balaban J connectivity index is 2.72. The van der Waals surface area contributed by atoms with Gasteiger partial charge in [0.2, 0.25) is 0 Å². The SMILES string of the molecule is CN(Cc1cc(Br)ccc1F)C(CO)CCO. The number of nitrogens with zero attached hydrogens (tertiary/aromatic N) is 1. The zero-order valence-corrected chi connectivity index (χ0v) is 11.3. The first-order valence-electron chi connectivity index (χ1n) is 5.44. The molecule has 5 heteroatoms. The van der Waals surface area contributed by atoms with Crippen LogP contribution in [0, 0.1) is 5.82 Å². The van der Waals surface area contributed by atoms with Crippen LogP contribution in [0.4, 0.5) is 4.39 Å². The molecule has 0 aliphatic carbocycles. The van der Waals surface area contributed by atoms with E-state index in [1.165, 1.54) is 6.07 Å². The number of aliphatic hydroxyl groups excluding tert-OH is 2. The van der Waals surface area contributed by atoms with Crippen molar-refractivity contribution in [1.82, 2.24) is 4.90 Å². The minimum Gasteiger partial charge on any atom is -0.396 e. The summed E-state index contributed by atoms with van der Waals surface area (Å²) in [6, 6.07) is 4.63. The number of rotatable bonds is 6. The maximum atomic E-state index is 13.5. The van der Waals surface area contributed by atoms with Gasteiger partial charge in [0, 0.05) is 29.2 Å². The second-order valence-electron chi connectivity index (χ2n) is 4.00. The van der Waals surface area contributed by atoms with Crippen molar-refractivity contribution in [3.05, 3.63) is 34.1 Å². The van der Waals surface area contributed by atoms with Gasteiger partial charge in [0.25, 0.3) is 0 Å². The van der Waals surface area contributed by atoms with Crippen LogP contribution in [-0.4, -0.2) is 41.4 Å². The number of hydrogen-bond acceptors (Lipinski definition) is 3. The molecule has 96 valence electrons. The van der Waals surface area contributed by atoms with E-state index in [1.807, 2.05) is 4.90 Å². The molecule has 0 heterocycles. The summed E-state index contributed by atoms with van der Waals surface area (Å²) in [5, 5.41) is 18.0. The van der Waals surface area contributed by atoms with Crippen LogP contribution in [0.5, 0.6) is 0 Å². The van der Waals surface area contributed by atoms with Crippen molar-refractivity contribution in [2.24, 2.45) is 0 Å². The van der Waals surface area contributed by atoms with Gasteiger partial charge in [0.1, 0.15) is 5.82 Å². The molecule has 0 aromatic heterocycles. The third-order valence-corrected chi connectivity index (χ3v) is 3.22. The van der Waals surface area contributed by atoms with Gasteiger partial charge in [-0.2, -0.15) is 0 Å². The Morgan fingerprint density at radius 3 is 2.71 bits per heavy atom. The Bertz CT molecular complexity index is 362. The predicted octanol–water partition coefficient (Wildman–Crippen LogP) is 1.76. The van der Waals surface area contributed by atoms with Gasteiger partial charge in [-0.3, -0.25) is 4.90 Å². The quantitative estimate of drug-likeness (QED) is 0.842. The lowest BCUT2D eigenvalue weighted by atomic mass is 10.1. The van der Waals surface area contributed by atoms with Crippen molar-refractivity contribution in [2.75, 3.05) is 20.3 Å². The van der Waals surface area contributed by atoms with E-state index in [1.54, 1.807) is 19.2 Å². The highest BCUT2D eigenvalue weighted by Crippen LogP contribution is 2.18. The maximum absolute atomic E-state index is 13.5. The van der Waals surface area contributed by atoms with Crippen molar-refractivity contribution in [1.29, 1.82) is 0 Å². The van der Waals surface area contributed by atoms with Crippen LogP contribution in [0.25, 0.3) is 0 Å². The van der Waals surface area contributed by atoms with Crippen LogP contribution in [0.2, 0.25) is 0 Å². The molecular formula is C12H17BrFNO2. The summed E-state index contributed by atoms with van der Waals surface area (Å²) in [5.74, 6) is -0.263. The van der Waals surface area contributed by atoms with E-state index in [2.05, 4.69) is 15.9 Å². The van der Waals surface area contributed by atoms with E-state index in [0.29, 0.717) is 18.5 Å². The lowest BCUT2D eigenvalue weighted by molar-refractivity contribution is 0.114. The number of halogens is 2. The summed E-state index contributed by atoms with van der Waals surface area (Å²) >= 11 is 3.30. The van der Waals surface area contributed by atoms with Gasteiger partial charge >= 0.3 is 0 Å². The summed E-state index contributed by atoms with van der Waals surface area (Å²) in [4.78, 5) is 1.83. The standard InChI is InChI=1S/C12H17BrFNO2/c1-15(11(8-17)4-5-16)7-9-6-10(13)2-3-12(9)14/h2-3,6,11,16-17H,4-5,7-8H2,1H3. The topological polar surface area (TPSA) is 43.7 Å². The van der Waals surface area contributed by atoms with Crippen molar-refractivity contribution >= 4 is 15.9 Å². The minimum absolute atomic E-state index is 0.0104. The predicted molar refractivity (Wildman–Crippen MR) is 68.1 cm³/mol. The largest absolute Gasteiger partial charge is 0.396 e. The third-order valence-electron chi connectivity index (χ3n) is 2.72. The molecule has 0 radical (unpaired) electrons. The van der Waals surface area contributed by atoms with Crippen LogP contribution in [0.15, 0.2) is 22.7 Å². The Morgan fingerprint density at radius 2 is 2.12 bits per heavy atom. The highest BCUT2D eigenvalue weighted by Gasteiger charge is 2.15. The normalized spacial score (nSPS) is 13.1. The van der Waals surface area contributed by atoms with Gasteiger partial charge in [-0.1, -0.05) is 15.9 Å². The first-order chi connectivity index (χ1) is 8.08. The molecule has 2 N–H and O–H groups in total. The van der Waals surface area contributed by atoms with Crippen LogP contribution in [0.3, 0.4) is 0 Å². The second-order valence-corrected chi connectivity index (χ2v) is 4.92. The zero-order chi connectivity index (χ0) is 12.8. The number of benzene rings is 1. The highest BCUT2D eigenvalue weighted by molar-refractivity contribution is 9.10. The van der Waals surface area contributed by atoms with Crippen molar-refractivity contribution in [3.8, 4) is 0 Å². The second kappa shape index (κ2) is 7.06. The minimum atomic E-state index is -0.263. The molecule has 1 aromatic rings. The molecule has 1 rings (SSSR count). The van der Waals surface area contributed by atoms with Crippen molar-refractivity contribution in [3.63, 3.8) is 0 Å². The molecule has 0 aliphatic heterocycles. The smallest absolute Gasteiger partial charge is 0.127 e. The number of likely N-dealkylation sites (N-methyl/N-ethyl adjacent to an activating group) is 1. The molecule has 0 spiro atoms.